The molecule has 17 nitrogen and oxygen atoms in total. The van der Waals surface area contributed by atoms with E-state index in [2.05, 4.69) is 20.0 Å². The van der Waals surface area contributed by atoms with Crippen LogP contribution in [0.25, 0.3) is 11.2 Å². The molecule has 0 aliphatic carbocycles. The maximum atomic E-state index is 14.1. The number of ether oxygens (including phenoxy) is 4. The molecule has 0 saturated carbocycles. The number of hydrogen-bond donors (Lipinski definition) is 4. The van der Waals surface area contributed by atoms with Gasteiger partial charge in [-0.15, -0.1) is 0 Å². The van der Waals surface area contributed by atoms with Crippen LogP contribution in [-0.4, -0.2) is 98.6 Å². The lowest BCUT2D eigenvalue weighted by Crippen LogP contribution is -2.44. The first-order valence-corrected chi connectivity index (χ1v) is 16.0. The van der Waals surface area contributed by atoms with E-state index in [4.69, 9.17) is 33.7 Å². The van der Waals surface area contributed by atoms with Crippen molar-refractivity contribution in [3.8, 4) is 5.88 Å². The Labute approximate surface area is 264 Å². The van der Waals surface area contributed by atoms with E-state index in [1.807, 2.05) is 0 Å². The third-order valence-electron chi connectivity index (χ3n) is 6.90. The van der Waals surface area contributed by atoms with E-state index in [0.29, 0.717) is 5.56 Å². The lowest BCUT2D eigenvalue weighted by molar-refractivity contribution is -0.150. The molecule has 252 valence electrons. The lowest BCUT2D eigenvalue weighted by atomic mass is 9.96. The number of esters is 2. The third kappa shape index (κ3) is 8.17. The predicted octanol–water partition coefficient (Wildman–Crippen LogP) is 1.28. The number of rotatable bonds is 15. The third-order valence-corrected chi connectivity index (χ3v) is 8.49. The normalized spacial score (nSPS) is 23.3. The molecule has 0 radical (unpaired) electrons. The maximum Gasteiger partial charge on any atom is 0.406 e. The predicted molar refractivity (Wildman–Crippen MR) is 161 cm³/mol. The first-order valence-electron chi connectivity index (χ1n) is 14.4. The van der Waals surface area contributed by atoms with E-state index in [9.17, 15) is 24.4 Å². The van der Waals surface area contributed by atoms with Gasteiger partial charge < -0.3 is 34.9 Å². The van der Waals surface area contributed by atoms with E-state index >= 15 is 0 Å². The number of nitrogens with zero attached hydrogens (tertiary/aromatic N) is 4. The van der Waals surface area contributed by atoms with Gasteiger partial charge in [0.25, 0.3) is 0 Å². The quantitative estimate of drug-likeness (QED) is 0.132. The Morgan fingerprint density at radius 3 is 2.59 bits per heavy atom. The van der Waals surface area contributed by atoms with Gasteiger partial charge in [-0.2, -0.15) is 9.97 Å². The van der Waals surface area contributed by atoms with Gasteiger partial charge in [0.05, 0.1) is 32.8 Å². The summed E-state index contributed by atoms with van der Waals surface area (Å²) in [7, 11) is -3.16. The van der Waals surface area contributed by atoms with Crippen molar-refractivity contribution in [2.75, 3.05) is 32.7 Å². The summed E-state index contributed by atoms with van der Waals surface area (Å²) in [6.07, 6.45) is -3.31. The number of aromatic nitrogens is 4. The summed E-state index contributed by atoms with van der Waals surface area (Å²) in [6, 6.07) is 7.64. The van der Waals surface area contributed by atoms with Gasteiger partial charge in [0.2, 0.25) is 11.8 Å². The molecule has 4 rings (SSSR count). The Hall–Kier alpha value is -3.70. The number of nitrogens with two attached hydrogens (primary N) is 1. The fraction of sp³-hybridized carbons (Fsp3) is 0.536. The van der Waals surface area contributed by atoms with Crippen LogP contribution in [-0.2, 0) is 43.8 Å². The standard InChI is InChI=1S/C28H39N6O11P/c1-6-41-25(37)18(12-17-10-8-7-9-11-17)33-46(39,43-14-20(35)44-16(2)3)42-13-19-22(36)28(4,38)26(45-19)34-15-30-21-23(34)31-27(29)32-24(21)40-5/h7-11,15-16,18-19,22,26,36,38H,6,12-14H2,1-5H3,(H,33,39)(H2,29,31,32). The van der Waals surface area contributed by atoms with Crippen LogP contribution in [0.4, 0.5) is 5.95 Å². The van der Waals surface area contributed by atoms with Crippen LogP contribution in [0.2, 0.25) is 0 Å². The number of methoxy groups -OCH3 is 1. The smallest absolute Gasteiger partial charge is 0.406 e. The van der Waals surface area contributed by atoms with Crippen molar-refractivity contribution >= 4 is 36.8 Å². The first-order chi connectivity index (χ1) is 21.8. The molecule has 1 aliphatic heterocycles. The molecule has 6 atom stereocenters. The summed E-state index contributed by atoms with van der Waals surface area (Å²) < 4.78 is 48.0. The average molecular weight is 667 g/mol. The van der Waals surface area contributed by atoms with Gasteiger partial charge in [-0.3, -0.25) is 18.4 Å². The Morgan fingerprint density at radius 2 is 1.93 bits per heavy atom. The number of aliphatic hydroxyl groups is 2. The minimum Gasteiger partial charge on any atom is -0.479 e. The molecule has 18 heteroatoms. The Morgan fingerprint density at radius 1 is 1.22 bits per heavy atom. The monoisotopic (exact) mass is 666 g/mol. The van der Waals surface area contributed by atoms with Crippen LogP contribution in [0.3, 0.4) is 0 Å². The second-order valence-corrected chi connectivity index (χ2v) is 12.6. The van der Waals surface area contributed by atoms with Crippen molar-refractivity contribution in [1.82, 2.24) is 24.6 Å². The number of hydrogen-bond acceptors (Lipinski definition) is 15. The minimum atomic E-state index is -4.54. The molecule has 1 fully saturated rings. The molecule has 46 heavy (non-hydrogen) atoms. The summed E-state index contributed by atoms with van der Waals surface area (Å²) >= 11 is 0. The van der Waals surface area contributed by atoms with Crippen molar-refractivity contribution in [3.63, 3.8) is 0 Å². The topological polar surface area (TPSA) is 229 Å². The zero-order valence-electron chi connectivity index (χ0n) is 26.1. The van der Waals surface area contributed by atoms with Crippen molar-refractivity contribution in [2.24, 2.45) is 0 Å². The summed E-state index contributed by atoms with van der Waals surface area (Å²) in [5.41, 5.74) is 4.95. The maximum absolute atomic E-state index is 14.1. The summed E-state index contributed by atoms with van der Waals surface area (Å²) in [5, 5.41) is 25.0. The number of nitrogen functional groups attached to an aromatic ring is 1. The van der Waals surface area contributed by atoms with Crippen molar-refractivity contribution < 1.29 is 52.4 Å². The zero-order valence-corrected chi connectivity index (χ0v) is 27.0. The van der Waals surface area contributed by atoms with Gasteiger partial charge in [0.15, 0.2) is 24.0 Å². The van der Waals surface area contributed by atoms with E-state index in [1.54, 1.807) is 51.1 Å². The van der Waals surface area contributed by atoms with Crippen LogP contribution in [0, 0.1) is 0 Å². The molecular weight excluding hydrogens is 627 g/mol. The van der Waals surface area contributed by atoms with Crippen LogP contribution < -0.4 is 15.6 Å². The highest BCUT2D eigenvalue weighted by Crippen LogP contribution is 2.47. The molecule has 5 N–H and O–H groups in total. The molecule has 0 amide bonds. The highest BCUT2D eigenvalue weighted by atomic mass is 31.2. The van der Waals surface area contributed by atoms with Gasteiger partial charge in [0.1, 0.15) is 23.9 Å². The fourth-order valence-electron chi connectivity index (χ4n) is 4.78. The van der Waals surface area contributed by atoms with Gasteiger partial charge in [-0.05, 0) is 39.7 Å². The molecule has 2 aromatic heterocycles. The van der Waals surface area contributed by atoms with Crippen molar-refractivity contribution in [2.45, 2.75) is 70.3 Å². The number of fused-ring (bicyclic) bond motifs is 1. The summed E-state index contributed by atoms with van der Waals surface area (Å²) in [5.74, 6) is -1.62. The number of aliphatic hydroxyl groups excluding tert-OH is 1. The first kappa shape index (κ1) is 35.2. The number of carbonyl (C=O) groups is 2. The van der Waals surface area contributed by atoms with Crippen LogP contribution in [0.15, 0.2) is 36.7 Å². The molecule has 0 spiro atoms. The fourth-order valence-corrected chi connectivity index (χ4v) is 6.20. The van der Waals surface area contributed by atoms with E-state index in [-0.39, 0.29) is 36.0 Å². The summed E-state index contributed by atoms with van der Waals surface area (Å²) in [6.45, 7) is 4.83. The highest BCUT2D eigenvalue weighted by molar-refractivity contribution is 7.51. The lowest BCUT2D eigenvalue weighted by Gasteiger charge is -2.27. The largest absolute Gasteiger partial charge is 0.479 e. The van der Waals surface area contributed by atoms with Gasteiger partial charge in [-0.1, -0.05) is 30.3 Å². The molecule has 3 aromatic rings. The molecule has 3 heterocycles. The van der Waals surface area contributed by atoms with Gasteiger partial charge in [-0.25, -0.2) is 19.4 Å². The number of anilines is 1. The van der Waals surface area contributed by atoms with Crippen molar-refractivity contribution in [1.29, 1.82) is 0 Å². The molecular formula is C28H39N6O11P. The second-order valence-electron chi connectivity index (χ2n) is 10.8. The van der Waals surface area contributed by atoms with Crippen LogP contribution in [0.1, 0.15) is 39.5 Å². The Balaban J connectivity index is 1.58. The Bertz CT molecular complexity index is 1550. The molecule has 1 aliphatic rings. The van der Waals surface area contributed by atoms with E-state index < -0.39 is 69.1 Å². The molecule has 6 unspecified atom stereocenters. The number of imidazole rings is 1. The molecule has 1 saturated heterocycles. The highest BCUT2D eigenvalue weighted by Gasteiger charge is 2.54. The second kappa shape index (κ2) is 14.8. The summed E-state index contributed by atoms with van der Waals surface area (Å²) in [4.78, 5) is 37.6. The van der Waals surface area contributed by atoms with E-state index in [0.717, 1.165) is 0 Å². The molecule has 0 bridgehead atoms. The van der Waals surface area contributed by atoms with E-state index in [1.165, 1.54) is 24.9 Å². The zero-order chi connectivity index (χ0) is 33.6. The Kier molecular flexibility index (Phi) is 11.3. The number of carbonyl (C=O) groups excluding carboxylic acids is 2. The van der Waals surface area contributed by atoms with Gasteiger partial charge in [0, 0.05) is 0 Å². The molecule has 1 aromatic carbocycles. The minimum absolute atomic E-state index is 0.0360. The van der Waals surface area contributed by atoms with Gasteiger partial charge >= 0.3 is 19.7 Å². The SMILES string of the molecule is CCOC(=O)C(Cc1ccccc1)NP(=O)(OCC(=O)OC(C)C)OCC1OC(n2cnc3c(OC)nc(N)nc32)C(C)(O)C1O. The average Bonchev–Trinajstić information content (AvgIpc) is 3.51. The van der Waals surface area contributed by atoms with Crippen molar-refractivity contribution in [3.05, 3.63) is 42.2 Å². The number of nitrogens with one attached hydrogen (secondary N) is 1. The van der Waals surface area contributed by atoms with Crippen LogP contribution >= 0.6 is 7.75 Å². The van der Waals surface area contributed by atoms with Crippen LogP contribution in [0.5, 0.6) is 5.88 Å². The number of benzene rings is 1.